The average molecular weight is 1010 g/mol. The lowest BCUT2D eigenvalue weighted by Crippen LogP contribution is -1.97. The molecule has 10 aliphatic rings. The summed E-state index contributed by atoms with van der Waals surface area (Å²) in [5.74, 6) is 0. The molecule has 1 aliphatic heterocycles. The molecule has 0 amide bonds. The molecule has 9 aliphatic carbocycles. The Morgan fingerprint density at radius 2 is 0.427 bits per heavy atom. The number of nitrogens with zero attached hydrogens (tertiary/aromatic N) is 1. The van der Waals surface area contributed by atoms with Gasteiger partial charge in [0, 0.05) is 24.8 Å². The highest BCUT2D eigenvalue weighted by Gasteiger charge is 2.11. The zero-order valence-electron chi connectivity index (χ0n) is 48.7. The molecular weight excluding hydrogens is 903 g/mol. The van der Waals surface area contributed by atoms with Gasteiger partial charge < -0.3 is 0 Å². The summed E-state index contributed by atoms with van der Waals surface area (Å²) >= 11 is 0. The standard InChI is InChI=1S/C9H12.3C8H12.C7H9N.3C7H10.C7H12.C6H10/c1-7-4-8(2)6-9(3)5-7;1-7-3-5-8(2)6-4-7;2*1-7-4-3-5-8(2)6-7;1-6-3-4-8-7(2)5-6;2*1-6-3-4-7(2)5-6;1-6-4-3-5-7(6)2;1-7-5-3-2-4-6-7;1-6-4-2-3-5-6/h1-6H2;3*1-6H2;4H,1-3,5H2;3*1-5H2;1-6H2;1-5H2. The fourth-order valence-electron chi connectivity index (χ4n) is 9.72. The lowest BCUT2D eigenvalue weighted by Gasteiger charge is -2.17. The van der Waals surface area contributed by atoms with E-state index in [4.69, 9.17) is 0 Å². The molecule has 0 radical (unpaired) electrons. The molecule has 1 heterocycles. The highest BCUT2D eigenvalue weighted by molar-refractivity contribution is 5.64. The van der Waals surface area contributed by atoms with Crippen LogP contribution < -0.4 is 0 Å². The summed E-state index contributed by atoms with van der Waals surface area (Å²) in [6.45, 7) is 73.4. The van der Waals surface area contributed by atoms with Crippen molar-refractivity contribution in [1.82, 2.24) is 0 Å². The molecule has 9 saturated carbocycles. The number of allylic oxidation sites excluding steroid dienone is 18. The molecule has 410 valence electrons. The van der Waals surface area contributed by atoms with Crippen LogP contribution in [0.1, 0.15) is 225 Å². The van der Waals surface area contributed by atoms with E-state index in [1.165, 1.54) is 267 Å². The van der Waals surface area contributed by atoms with Gasteiger partial charge in [-0.25, -0.2) is 0 Å². The van der Waals surface area contributed by atoms with Gasteiger partial charge in [-0.3, -0.25) is 4.99 Å². The maximum absolute atomic E-state index is 4.00. The number of hydrogen-bond donors (Lipinski definition) is 0. The van der Waals surface area contributed by atoms with Crippen LogP contribution in [0.2, 0.25) is 0 Å². The van der Waals surface area contributed by atoms with Crippen molar-refractivity contribution in [3.63, 3.8) is 0 Å². The first-order valence-electron chi connectivity index (χ1n) is 28.7. The van der Waals surface area contributed by atoms with Crippen molar-refractivity contribution in [2.24, 2.45) is 4.99 Å². The Morgan fingerprint density at radius 1 is 0.200 bits per heavy atom. The number of aliphatic imine (C=N–C) groups is 1. The molecule has 0 aromatic heterocycles. The predicted molar refractivity (Wildman–Crippen MR) is 344 cm³/mol. The number of rotatable bonds is 0. The molecule has 0 unspecified atom stereocenters. The van der Waals surface area contributed by atoms with Gasteiger partial charge >= 0.3 is 0 Å². The van der Waals surface area contributed by atoms with Crippen LogP contribution in [0, 0.1) is 0 Å². The number of hydrogen-bond acceptors (Lipinski definition) is 1. The fourth-order valence-corrected chi connectivity index (χ4v) is 9.72. The van der Waals surface area contributed by atoms with E-state index >= 15 is 0 Å². The third-order valence-electron chi connectivity index (χ3n) is 14.4. The van der Waals surface area contributed by atoms with E-state index in [1.54, 1.807) is 0 Å². The highest BCUT2D eigenvalue weighted by Crippen LogP contribution is 2.30. The summed E-state index contributed by atoms with van der Waals surface area (Å²) < 4.78 is 0. The van der Waals surface area contributed by atoms with Crippen molar-refractivity contribution in [3.8, 4) is 0 Å². The molecular formula is C74H109N. The van der Waals surface area contributed by atoms with Crippen LogP contribution in [0.25, 0.3) is 0 Å². The molecule has 1 heteroatoms. The Balaban J connectivity index is 0.000000417. The first kappa shape index (κ1) is 67.7. The van der Waals surface area contributed by atoms with Gasteiger partial charge in [-0.1, -0.05) is 232 Å². The van der Waals surface area contributed by atoms with Gasteiger partial charge in [0.15, 0.2) is 0 Å². The van der Waals surface area contributed by atoms with E-state index in [2.05, 4.69) is 130 Å². The van der Waals surface area contributed by atoms with E-state index < -0.39 is 0 Å². The van der Waals surface area contributed by atoms with E-state index in [1.807, 2.05) is 6.21 Å². The van der Waals surface area contributed by atoms with Gasteiger partial charge in [-0.05, 0) is 205 Å². The van der Waals surface area contributed by atoms with Crippen molar-refractivity contribution in [2.45, 2.75) is 225 Å². The molecule has 0 bridgehead atoms. The van der Waals surface area contributed by atoms with Crippen LogP contribution in [0.4, 0.5) is 0 Å². The van der Waals surface area contributed by atoms with Crippen molar-refractivity contribution >= 4 is 6.21 Å². The molecule has 1 nitrogen and oxygen atoms in total. The second kappa shape index (κ2) is 40.0. The van der Waals surface area contributed by atoms with Crippen molar-refractivity contribution in [3.05, 3.63) is 231 Å². The van der Waals surface area contributed by atoms with Crippen LogP contribution >= 0.6 is 0 Å². The maximum Gasteiger partial charge on any atom is 0.0368 e. The summed E-state index contributed by atoms with van der Waals surface area (Å²) in [5.41, 5.74) is 25.0. The first-order valence-corrected chi connectivity index (χ1v) is 28.7. The van der Waals surface area contributed by atoms with Gasteiger partial charge in [0.1, 0.15) is 0 Å². The first-order chi connectivity index (χ1) is 35.5. The molecule has 0 saturated heterocycles. The summed E-state index contributed by atoms with van der Waals surface area (Å²) in [6.07, 6.45) is 43.7. The van der Waals surface area contributed by atoms with Crippen LogP contribution in [0.15, 0.2) is 236 Å². The summed E-state index contributed by atoms with van der Waals surface area (Å²) in [7, 11) is 0. The van der Waals surface area contributed by atoms with Gasteiger partial charge in [0.25, 0.3) is 0 Å². The third-order valence-corrected chi connectivity index (χ3v) is 14.4. The van der Waals surface area contributed by atoms with Crippen LogP contribution in [0.5, 0.6) is 0 Å². The van der Waals surface area contributed by atoms with Gasteiger partial charge in [-0.2, -0.15) is 0 Å². The minimum Gasteiger partial charge on any atom is -0.266 e. The smallest absolute Gasteiger partial charge is 0.0368 e. The minimum atomic E-state index is 0.885. The van der Waals surface area contributed by atoms with Crippen molar-refractivity contribution in [2.75, 3.05) is 0 Å². The van der Waals surface area contributed by atoms with Crippen LogP contribution in [-0.4, -0.2) is 6.21 Å². The fraction of sp³-hybridized carbons (Fsp3) is 0.473. The minimum absolute atomic E-state index is 0.885. The second-order valence-electron chi connectivity index (χ2n) is 23.0. The van der Waals surface area contributed by atoms with Crippen LogP contribution in [0.3, 0.4) is 0 Å². The largest absolute Gasteiger partial charge is 0.266 e. The topological polar surface area (TPSA) is 12.4 Å². The van der Waals surface area contributed by atoms with E-state index in [-0.39, 0.29) is 0 Å². The normalized spacial score (nSPS) is 21.3. The SMILES string of the molecule is C=C1CC(=C)CC(=C)C1.C=C1CC=NC(=C)C1.C=C1CCC(=C)C1.C=C1CCC(=C)C1.C=C1CCC(=C)CC1.C=C1CCCC(=C)C1.C=C1CCCC(=C)C1.C=C1CCCC1.C=C1CCCC1=C.C=C1CCCCC1. The zero-order chi connectivity index (χ0) is 56.1. The van der Waals surface area contributed by atoms with E-state index in [0.717, 1.165) is 63.5 Å². The Kier molecular flexibility index (Phi) is 36.2. The quantitative estimate of drug-likeness (QED) is 0.215. The Morgan fingerprint density at radius 3 is 0.600 bits per heavy atom. The summed E-state index contributed by atoms with van der Waals surface area (Å²) in [5, 5.41) is 0. The third kappa shape index (κ3) is 38.0. The van der Waals surface area contributed by atoms with E-state index in [9.17, 15) is 0 Å². The average Bonchev–Trinajstić information content (AvgIpc) is 4.16. The second-order valence-corrected chi connectivity index (χ2v) is 23.0. The molecule has 0 aromatic carbocycles. The molecule has 0 atom stereocenters. The lowest BCUT2D eigenvalue weighted by molar-refractivity contribution is 0.601. The van der Waals surface area contributed by atoms with Crippen molar-refractivity contribution < 1.29 is 0 Å². The summed E-state index contributed by atoms with van der Waals surface area (Å²) in [6, 6.07) is 0. The lowest BCUT2D eigenvalue weighted by atomic mass is 9.89. The molecule has 75 heavy (non-hydrogen) atoms. The Labute approximate surface area is 464 Å². The monoisotopic (exact) mass is 1010 g/mol. The summed E-state index contributed by atoms with van der Waals surface area (Å²) in [4.78, 5) is 4.00. The van der Waals surface area contributed by atoms with Crippen LogP contribution in [-0.2, 0) is 0 Å². The molecule has 0 spiro atoms. The van der Waals surface area contributed by atoms with Gasteiger partial charge in [0.2, 0.25) is 0 Å². The molecule has 0 N–H and O–H groups in total. The van der Waals surface area contributed by atoms with Gasteiger partial charge in [-0.15, -0.1) is 0 Å². The maximum atomic E-state index is 4.00. The molecule has 9 fully saturated rings. The van der Waals surface area contributed by atoms with E-state index in [0.29, 0.717) is 0 Å². The Bertz CT molecular complexity index is 1940. The predicted octanol–water partition coefficient (Wildman–Crippen LogP) is 24.2. The zero-order valence-corrected chi connectivity index (χ0v) is 48.7. The molecule has 10 rings (SSSR count). The van der Waals surface area contributed by atoms with Crippen molar-refractivity contribution in [1.29, 1.82) is 0 Å². The Hall–Kier alpha value is -5.27. The molecule has 0 aromatic rings. The highest BCUT2D eigenvalue weighted by atomic mass is 14.7. The van der Waals surface area contributed by atoms with Gasteiger partial charge in [0.05, 0.1) is 0 Å².